The van der Waals surface area contributed by atoms with E-state index >= 15 is 0 Å². The van der Waals surface area contributed by atoms with E-state index in [-0.39, 0.29) is 0 Å². The summed E-state index contributed by atoms with van der Waals surface area (Å²) >= 11 is 0. The van der Waals surface area contributed by atoms with Gasteiger partial charge in [0.25, 0.3) is 8.32 Å². The van der Waals surface area contributed by atoms with Crippen LogP contribution in [0.25, 0.3) is 6.08 Å². The molecular formula is C27H24OSi. The molecule has 0 spiro atoms. The van der Waals surface area contributed by atoms with E-state index in [2.05, 4.69) is 127 Å². The average Bonchev–Trinajstić information content (AvgIpc) is 2.82. The molecule has 0 saturated heterocycles. The maximum atomic E-state index is 6.86. The lowest BCUT2D eigenvalue weighted by molar-refractivity contribution is 0.372. The predicted octanol–water partition coefficient (Wildman–Crippen LogP) is 4.38. The Morgan fingerprint density at radius 3 is 1.31 bits per heavy atom. The maximum absolute atomic E-state index is 6.86. The van der Waals surface area contributed by atoms with Crippen LogP contribution in [0.1, 0.15) is 5.56 Å². The molecule has 0 unspecified atom stereocenters. The van der Waals surface area contributed by atoms with Gasteiger partial charge in [-0.3, -0.25) is 0 Å². The molecule has 0 N–H and O–H groups in total. The van der Waals surface area contributed by atoms with Crippen LogP contribution in [0.4, 0.5) is 0 Å². The SMILES string of the molecule is C(=C\c1ccccc1)/CO[Si](c1ccccc1)(c1ccccc1)c1ccccc1. The molecule has 4 aromatic carbocycles. The van der Waals surface area contributed by atoms with Crippen LogP contribution in [0.2, 0.25) is 0 Å². The highest BCUT2D eigenvalue weighted by Crippen LogP contribution is 2.10. The van der Waals surface area contributed by atoms with Crippen molar-refractivity contribution in [3.63, 3.8) is 0 Å². The Labute approximate surface area is 174 Å². The Kier molecular flexibility index (Phi) is 6.15. The van der Waals surface area contributed by atoms with Crippen molar-refractivity contribution in [3.05, 3.63) is 133 Å². The highest BCUT2D eigenvalue weighted by atomic mass is 28.4. The predicted molar refractivity (Wildman–Crippen MR) is 125 cm³/mol. The van der Waals surface area contributed by atoms with E-state index in [4.69, 9.17) is 4.43 Å². The molecule has 1 nitrogen and oxygen atoms in total. The van der Waals surface area contributed by atoms with Crippen molar-refractivity contribution < 1.29 is 4.43 Å². The Morgan fingerprint density at radius 1 is 0.517 bits per heavy atom. The van der Waals surface area contributed by atoms with Crippen molar-refractivity contribution in [2.45, 2.75) is 0 Å². The second-order valence-electron chi connectivity index (χ2n) is 6.90. The molecule has 0 aliphatic rings. The summed E-state index contributed by atoms with van der Waals surface area (Å²) < 4.78 is 6.86. The molecule has 0 fully saturated rings. The third-order valence-corrected chi connectivity index (χ3v) is 9.09. The molecular weight excluding hydrogens is 368 g/mol. The van der Waals surface area contributed by atoms with E-state index < -0.39 is 8.32 Å². The van der Waals surface area contributed by atoms with Crippen molar-refractivity contribution in [2.24, 2.45) is 0 Å². The van der Waals surface area contributed by atoms with E-state index in [0.717, 1.165) is 0 Å². The van der Waals surface area contributed by atoms with Gasteiger partial charge in [-0.2, -0.15) is 0 Å². The molecule has 4 rings (SSSR count). The van der Waals surface area contributed by atoms with E-state index in [1.807, 2.05) is 6.07 Å². The second kappa shape index (κ2) is 9.33. The van der Waals surface area contributed by atoms with Crippen LogP contribution in [0.5, 0.6) is 0 Å². The van der Waals surface area contributed by atoms with Gasteiger partial charge in [0.2, 0.25) is 0 Å². The van der Waals surface area contributed by atoms with Gasteiger partial charge in [-0.05, 0) is 21.1 Å². The molecule has 2 heteroatoms. The summed E-state index contributed by atoms with van der Waals surface area (Å²) in [5.41, 5.74) is 1.18. The normalized spacial score (nSPS) is 11.6. The standard InChI is InChI=1S/C27H24OSi/c1-5-14-24(15-6-1)16-13-23-28-29(25-17-7-2-8-18-25,26-19-9-3-10-20-26)27-21-11-4-12-22-27/h1-22H,23H2/b16-13+. The Balaban J connectivity index is 1.76. The number of hydrogen-bond donors (Lipinski definition) is 0. The first-order valence-electron chi connectivity index (χ1n) is 9.92. The quantitative estimate of drug-likeness (QED) is 0.335. The van der Waals surface area contributed by atoms with Crippen molar-refractivity contribution in [3.8, 4) is 0 Å². The van der Waals surface area contributed by atoms with Crippen LogP contribution in [0.15, 0.2) is 127 Å². The molecule has 142 valence electrons. The van der Waals surface area contributed by atoms with E-state index in [1.54, 1.807) is 0 Å². The molecule has 29 heavy (non-hydrogen) atoms. The second-order valence-corrected chi connectivity index (χ2v) is 10.3. The number of benzene rings is 4. The van der Waals surface area contributed by atoms with Gasteiger partial charge in [0, 0.05) is 0 Å². The van der Waals surface area contributed by atoms with Crippen molar-refractivity contribution in [1.29, 1.82) is 0 Å². The summed E-state index contributed by atoms with van der Waals surface area (Å²) in [6.45, 7) is 0.555. The van der Waals surface area contributed by atoms with Crippen LogP contribution >= 0.6 is 0 Å². The zero-order valence-electron chi connectivity index (χ0n) is 16.3. The number of rotatable bonds is 7. The van der Waals surface area contributed by atoms with Crippen LogP contribution in [-0.4, -0.2) is 14.9 Å². The minimum Gasteiger partial charge on any atom is -0.400 e. The first kappa shape index (κ1) is 19.1. The monoisotopic (exact) mass is 392 g/mol. The number of hydrogen-bond acceptors (Lipinski definition) is 1. The van der Waals surface area contributed by atoms with E-state index in [0.29, 0.717) is 6.61 Å². The fourth-order valence-electron chi connectivity index (χ4n) is 3.69. The minimum atomic E-state index is -2.61. The fraction of sp³-hybridized carbons (Fsp3) is 0.0370. The molecule has 4 aromatic rings. The van der Waals surface area contributed by atoms with E-state index in [9.17, 15) is 0 Å². The lowest BCUT2D eigenvalue weighted by Gasteiger charge is -2.32. The van der Waals surface area contributed by atoms with Gasteiger partial charge in [0.05, 0.1) is 6.61 Å². The molecule has 0 aliphatic heterocycles. The molecule has 0 aliphatic carbocycles. The molecule has 0 amide bonds. The topological polar surface area (TPSA) is 9.23 Å². The first-order valence-corrected chi connectivity index (χ1v) is 11.8. The zero-order valence-corrected chi connectivity index (χ0v) is 17.3. The van der Waals surface area contributed by atoms with E-state index in [1.165, 1.54) is 21.1 Å². The van der Waals surface area contributed by atoms with Gasteiger partial charge in [0.1, 0.15) is 0 Å². The van der Waals surface area contributed by atoms with Crippen LogP contribution in [-0.2, 0) is 4.43 Å². The Hall–Kier alpha value is -3.20. The largest absolute Gasteiger partial charge is 0.400 e. The van der Waals surface area contributed by atoms with Gasteiger partial charge < -0.3 is 4.43 Å². The minimum absolute atomic E-state index is 0.555. The first-order chi connectivity index (χ1) is 14.4. The molecule has 0 bridgehead atoms. The van der Waals surface area contributed by atoms with Crippen LogP contribution in [0, 0.1) is 0 Å². The lowest BCUT2D eigenvalue weighted by atomic mass is 10.2. The lowest BCUT2D eigenvalue weighted by Crippen LogP contribution is -2.69. The summed E-state index contributed by atoms with van der Waals surface area (Å²) in [6.07, 6.45) is 4.24. The molecule has 0 atom stereocenters. The van der Waals surface area contributed by atoms with Crippen molar-refractivity contribution in [2.75, 3.05) is 6.61 Å². The summed E-state index contributed by atoms with van der Waals surface area (Å²) in [7, 11) is -2.61. The zero-order chi connectivity index (χ0) is 19.8. The van der Waals surface area contributed by atoms with Crippen molar-refractivity contribution >= 4 is 30.0 Å². The average molecular weight is 393 g/mol. The Morgan fingerprint density at radius 2 is 0.897 bits per heavy atom. The third kappa shape index (κ3) is 4.29. The molecule has 0 radical (unpaired) electrons. The fourth-order valence-corrected chi connectivity index (χ4v) is 7.52. The summed E-state index contributed by atoms with van der Waals surface area (Å²) in [5.74, 6) is 0. The highest BCUT2D eigenvalue weighted by molar-refractivity contribution is 7.07. The summed E-state index contributed by atoms with van der Waals surface area (Å²) in [6, 6.07) is 42.4. The molecule has 0 aromatic heterocycles. The van der Waals surface area contributed by atoms with Gasteiger partial charge in [-0.25, -0.2) is 0 Å². The molecule has 0 heterocycles. The van der Waals surface area contributed by atoms with Crippen LogP contribution in [0.3, 0.4) is 0 Å². The van der Waals surface area contributed by atoms with Crippen molar-refractivity contribution in [1.82, 2.24) is 0 Å². The summed E-state index contributed by atoms with van der Waals surface area (Å²) in [4.78, 5) is 0. The Bertz CT molecular complexity index is 932. The van der Waals surface area contributed by atoms with Gasteiger partial charge in [0.15, 0.2) is 0 Å². The third-order valence-electron chi connectivity index (χ3n) is 5.05. The smallest absolute Gasteiger partial charge is 0.288 e. The summed E-state index contributed by atoms with van der Waals surface area (Å²) in [5, 5.41) is 3.77. The maximum Gasteiger partial charge on any atom is 0.288 e. The van der Waals surface area contributed by atoms with Gasteiger partial charge in [-0.1, -0.05) is 133 Å². The highest BCUT2D eigenvalue weighted by Gasteiger charge is 2.41. The molecule has 0 saturated carbocycles. The van der Waals surface area contributed by atoms with Gasteiger partial charge in [-0.15, -0.1) is 0 Å². The van der Waals surface area contributed by atoms with Crippen LogP contribution < -0.4 is 15.6 Å². The van der Waals surface area contributed by atoms with Gasteiger partial charge >= 0.3 is 0 Å².